The van der Waals surface area contributed by atoms with Crippen LogP contribution in [-0.2, 0) is 4.79 Å². The number of hydrogen-bond acceptors (Lipinski definition) is 3. The van der Waals surface area contributed by atoms with Crippen LogP contribution in [0.3, 0.4) is 0 Å². The lowest BCUT2D eigenvalue weighted by atomic mass is 10.2. The van der Waals surface area contributed by atoms with Gasteiger partial charge in [0.1, 0.15) is 0 Å². The molecule has 0 bridgehead atoms. The zero-order chi connectivity index (χ0) is 10.4. The Bertz CT molecular complexity index is 373. The van der Waals surface area contributed by atoms with Crippen molar-refractivity contribution in [3.63, 3.8) is 0 Å². The molecule has 0 N–H and O–H groups in total. The normalized spacial score (nSPS) is 9.00. The third kappa shape index (κ3) is 4.11. The van der Waals surface area contributed by atoms with E-state index in [0.29, 0.717) is 5.75 Å². The quantitative estimate of drug-likeness (QED) is 0.657. The molecule has 0 aromatic carbocycles. The number of aryl methyl sites for hydroxylation is 1. The van der Waals surface area contributed by atoms with Gasteiger partial charge in [-0.25, -0.2) is 0 Å². The molecule has 1 aromatic rings. The molecule has 72 valence electrons. The molecule has 0 fully saturated rings. The first kappa shape index (κ1) is 10.8. The van der Waals surface area contributed by atoms with Gasteiger partial charge in [-0.1, -0.05) is 23.6 Å². The Morgan fingerprint density at radius 3 is 2.93 bits per heavy atom. The number of rotatable bonds is 1. The molecule has 1 aromatic heterocycles. The molecule has 0 spiro atoms. The lowest BCUT2D eigenvalue weighted by Gasteiger charge is -1.90. The number of nitrogens with zero attached hydrogens (tertiary/aromatic N) is 1. The second-order valence-electron chi connectivity index (χ2n) is 2.77. The van der Waals surface area contributed by atoms with Crippen molar-refractivity contribution in [1.82, 2.24) is 4.98 Å². The molecule has 0 aliphatic rings. The first-order valence-electron chi connectivity index (χ1n) is 4.23. The summed E-state index contributed by atoms with van der Waals surface area (Å²) in [5.74, 6) is 6.39. The summed E-state index contributed by atoms with van der Waals surface area (Å²) >= 11 is 1.22. The van der Waals surface area contributed by atoms with Crippen LogP contribution >= 0.6 is 11.8 Å². The Morgan fingerprint density at radius 2 is 2.36 bits per heavy atom. The maximum atomic E-state index is 10.6. The number of aromatic nitrogens is 1. The largest absolute Gasteiger partial charge is 0.288 e. The third-order valence-corrected chi connectivity index (χ3v) is 2.19. The summed E-state index contributed by atoms with van der Waals surface area (Å²) < 4.78 is 0. The fourth-order valence-electron chi connectivity index (χ4n) is 0.818. The van der Waals surface area contributed by atoms with Crippen LogP contribution in [-0.4, -0.2) is 15.9 Å². The van der Waals surface area contributed by atoms with E-state index in [2.05, 4.69) is 16.8 Å². The molecule has 0 amide bonds. The van der Waals surface area contributed by atoms with Crippen molar-refractivity contribution in [3.8, 4) is 11.8 Å². The minimum Gasteiger partial charge on any atom is -0.288 e. The molecular weight excluding hydrogens is 194 g/mol. The minimum absolute atomic E-state index is 0.0985. The summed E-state index contributed by atoms with van der Waals surface area (Å²) in [5.41, 5.74) is 1.87. The average molecular weight is 205 g/mol. The van der Waals surface area contributed by atoms with Crippen LogP contribution in [0.1, 0.15) is 18.2 Å². The van der Waals surface area contributed by atoms with Crippen molar-refractivity contribution < 1.29 is 4.79 Å². The van der Waals surface area contributed by atoms with Crippen LogP contribution in [0.5, 0.6) is 0 Å². The summed E-state index contributed by atoms with van der Waals surface area (Å²) in [6.07, 6.45) is 1.74. The van der Waals surface area contributed by atoms with E-state index in [4.69, 9.17) is 0 Å². The van der Waals surface area contributed by atoms with Gasteiger partial charge in [0.15, 0.2) is 5.12 Å². The van der Waals surface area contributed by atoms with Gasteiger partial charge >= 0.3 is 0 Å². The Kier molecular flexibility index (Phi) is 4.21. The molecule has 1 rings (SSSR count). The molecule has 3 heteroatoms. The molecule has 0 aliphatic carbocycles. The standard InChI is InChI=1S/C11H11NOS/c1-9-5-6-11(8-12-9)4-3-7-14-10(2)13/h5-6,8H,7H2,1-2H3. The van der Waals surface area contributed by atoms with Crippen molar-refractivity contribution in [2.45, 2.75) is 13.8 Å². The number of pyridine rings is 1. The van der Waals surface area contributed by atoms with E-state index in [0.717, 1.165) is 11.3 Å². The smallest absolute Gasteiger partial charge is 0.186 e. The van der Waals surface area contributed by atoms with Gasteiger partial charge in [0, 0.05) is 24.4 Å². The van der Waals surface area contributed by atoms with Crippen molar-refractivity contribution in [1.29, 1.82) is 0 Å². The SMILES string of the molecule is CC(=O)SCC#Cc1ccc(C)nc1. The molecule has 1 heterocycles. The fourth-order valence-corrected chi connectivity index (χ4v) is 1.17. The van der Waals surface area contributed by atoms with Crippen LogP contribution in [0.15, 0.2) is 18.3 Å². The van der Waals surface area contributed by atoms with Crippen molar-refractivity contribution >= 4 is 16.9 Å². The van der Waals surface area contributed by atoms with E-state index in [-0.39, 0.29) is 5.12 Å². The van der Waals surface area contributed by atoms with E-state index in [1.807, 2.05) is 19.1 Å². The van der Waals surface area contributed by atoms with Gasteiger partial charge in [0.05, 0.1) is 5.75 Å². The molecule has 0 saturated heterocycles. The van der Waals surface area contributed by atoms with Gasteiger partial charge in [-0.3, -0.25) is 9.78 Å². The Labute approximate surface area is 88.1 Å². The van der Waals surface area contributed by atoms with Crippen molar-refractivity contribution in [2.75, 3.05) is 5.75 Å². The van der Waals surface area contributed by atoms with E-state index >= 15 is 0 Å². The highest BCUT2D eigenvalue weighted by molar-refractivity contribution is 8.13. The highest BCUT2D eigenvalue weighted by Crippen LogP contribution is 2.00. The molecule has 2 nitrogen and oxygen atoms in total. The van der Waals surface area contributed by atoms with E-state index in [9.17, 15) is 4.79 Å². The predicted molar refractivity (Wildman–Crippen MR) is 59.0 cm³/mol. The van der Waals surface area contributed by atoms with Crippen LogP contribution in [0.25, 0.3) is 0 Å². The van der Waals surface area contributed by atoms with Crippen molar-refractivity contribution in [3.05, 3.63) is 29.6 Å². The number of hydrogen-bond donors (Lipinski definition) is 0. The molecule has 0 saturated carbocycles. The van der Waals surface area contributed by atoms with Gasteiger partial charge in [0.2, 0.25) is 0 Å². The highest BCUT2D eigenvalue weighted by atomic mass is 32.2. The maximum Gasteiger partial charge on any atom is 0.186 e. The second-order valence-corrected chi connectivity index (χ2v) is 3.92. The van der Waals surface area contributed by atoms with Gasteiger partial charge < -0.3 is 0 Å². The number of thioether (sulfide) groups is 1. The Balaban J connectivity index is 2.51. The first-order valence-corrected chi connectivity index (χ1v) is 5.22. The molecule has 0 radical (unpaired) electrons. The number of carbonyl (C=O) groups is 1. The summed E-state index contributed by atoms with van der Waals surface area (Å²) in [6, 6.07) is 3.84. The second kappa shape index (κ2) is 5.46. The van der Waals surface area contributed by atoms with Crippen LogP contribution in [0.4, 0.5) is 0 Å². The summed E-state index contributed by atoms with van der Waals surface area (Å²) in [4.78, 5) is 14.7. The summed E-state index contributed by atoms with van der Waals surface area (Å²) in [6.45, 7) is 3.47. The zero-order valence-electron chi connectivity index (χ0n) is 8.20. The van der Waals surface area contributed by atoms with E-state index in [1.165, 1.54) is 11.8 Å². The highest BCUT2D eigenvalue weighted by Gasteiger charge is 1.89. The molecular formula is C11H11NOS. The van der Waals surface area contributed by atoms with Crippen LogP contribution in [0.2, 0.25) is 0 Å². The van der Waals surface area contributed by atoms with E-state index in [1.54, 1.807) is 13.1 Å². The molecule has 0 aliphatic heterocycles. The summed E-state index contributed by atoms with van der Waals surface area (Å²) in [7, 11) is 0. The lowest BCUT2D eigenvalue weighted by Crippen LogP contribution is -1.84. The lowest BCUT2D eigenvalue weighted by molar-refractivity contribution is -0.109. The average Bonchev–Trinajstić information content (AvgIpc) is 2.15. The fraction of sp³-hybridized carbons (Fsp3) is 0.273. The molecule has 0 unspecified atom stereocenters. The van der Waals surface area contributed by atoms with Crippen LogP contribution in [0, 0.1) is 18.8 Å². The molecule has 14 heavy (non-hydrogen) atoms. The zero-order valence-corrected chi connectivity index (χ0v) is 9.02. The van der Waals surface area contributed by atoms with Gasteiger partial charge in [0.25, 0.3) is 0 Å². The molecule has 0 atom stereocenters. The monoisotopic (exact) mass is 205 g/mol. The Hall–Kier alpha value is -1.27. The van der Waals surface area contributed by atoms with Crippen molar-refractivity contribution in [2.24, 2.45) is 0 Å². The maximum absolute atomic E-state index is 10.6. The Morgan fingerprint density at radius 1 is 1.57 bits per heavy atom. The topological polar surface area (TPSA) is 30.0 Å². The summed E-state index contributed by atoms with van der Waals surface area (Å²) in [5, 5.41) is 0.0985. The van der Waals surface area contributed by atoms with Gasteiger partial charge in [-0.15, -0.1) is 0 Å². The van der Waals surface area contributed by atoms with Gasteiger partial charge in [-0.05, 0) is 19.1 Å². The number of carbonyl (C=O) groups excluding carboxylic acids is 1. The third-order valence-electron chi connectivity index (χ3n) is 1.49. The van der Waals surface area contributed by atoms with Gasteiger partial charge in [-0.2, -0.15) is 0 Å². The minimum atomic E-state index is 0.0985. The predicted octanol–water partition coefficient (Wildman–Crippen LogP) is 2.02. The van der Waals surface area contributed by atoms with Crippen LogP contribution < -0.4 is 0 Å². The van der Waals surface area contributed by atoms with E-state index < -0.39 is 0 Å². The first-order chi connectivity index (χ1) is 6.68.